The molecule has 0 saturated carbocycles. The normalized spacial score (nSPS) is 19.3. The number of rotatable bonds is 11. The molecule has 0 N–H and O–H groups in total. The van der Waals surface area contributed by atoms with Crippen molar-refractivity contribution in [2.45, 2.75) is 63.1 Å². The van der Waals surface area contributed by atoms with Gasteiger partial charge in [0.05, 0.1) is 43.1 Å². The second-order valence-corrected chi connectivity index (χ2v) is 13.5. The Hall–Kier alpha value is -3.92. The van der Waals surface area contributed by atoms with E-state index in [2.05, 4.69) is 10.1 Å². The number of nitrogens with zero attached hydrogens (tertiary/aromatic N) is 4. The van der Waals surface area contributed by atoms with E-state index in [9.17, 15) is 13.6 Å². The highest BCUT2D eigenvalue weighted by Gasteiger charge is 2.47. The molecule has 4 rings (SSSR count). The van der Waals surface area contributed by atoms with Crippen LogP contribution in [0.25, 0.3) is 6.08 Å². The molecule has 1 aliphatic rings. The summed E-state index contributed by atoms with van der Waals surface area (Å²) in [5.74, 6) is -2.63. The molecule has 1 saturated heterocycles. The lowest BCUT2D eigenvalue weighted by atomic mass is 9.88. The molecule has 0 amide bonds. The van der Waals surface area contributed by atoms with Crippen LogP contribution in [-0.2, 0) is 31.2 Å². The van der Waals surface area contributed by atoms with Crippen molar-refractivity contribution >= 4 is 23.8 Å². The highest BCUT2D eigenvalue weighted by atomic mass is 32.2. The van der Waals surface area contributed by atoms with Crippen LogP contribution in [0.15, 0.2) is 67.3 Å². The molecule has 8 nitrogen and oxygen atoms in total. The Morgan fingerprint density at radius 1 is 1.16 bits per heavy atom. The molecule has 0 bridgehead atoms. The molecule has 0 aliphatic carbocycles. The summed E-state index contributed by atoms with van der Waals surface area (Å²) in [6.07, 6.45) is 8.76. The van der Waals surface area contributed by atoms with Gasteiger partial charge in [-0.3, -0.25) is 4.79 Å². The van der Waals surface area contributed by atoms with Crippen molar-refractivity contribution in [2.24, 2.45) is 5.41 Å². The van der Waals surface area contributed by atoms with Gasteiger partial charge in [0.1, 0.15) is 30.1 Å². The van der Waals surface area contributed by atoms with Crippen molar-refractivity contribution in [3.8, 4) is 6.07 Å². The van der Waals surface area contributed by atoms with Gasteiger partial charge >= 0.3 is 5.97 Å². The smallest absolute Gasteiger partial charge is 0.307 e. The summed E-state index contributed by atoms with van der Waals surface area (Å²) in [4.78, 5) is 17.3. The first-order valence-corrected chi connectivity index (χ1v) is 15.3. The zero-order valence-corrected chi connectivity index (χ0v) is 26.3. The second kappa shape index (κ2) is 14.9. The van der Waals surface area contributed by atoms with Crippen LogP contribution in [-0.4, -0.2) is 50.7 Å². The fourth-order valence-corrected chi connectivity index (χ4v) is 6.16. The van der Waals surface area contributed by atoms with Gasteiger partial charge < -0.3 is 14.2 Å². The molecule has 2 heterocycles. The summed E-state index contributed by atoms with van der Waals surface area (Å²) in [7, 11) is 0. The number of allylic oxidation sites excluding steroid dienone is 2. The van der Waals surface area contributed by atoms with Crippen LogP contribution in [0.1, 0.15) is 50.8 Å². The Labute approximate surface area is 264 Å². The second-order valence-electron chi connectivity index (χ2n) is 11.8. The number of carbonyl (C=O) groups is 1. The number of hydrogen-bond donors (Lipinski definition) is 0. The van der Waals surface area contributed by atoms with E-state index >= 15 is 4.39 Å². The predicted molar refractivity (Wildman–Crippen MR) is 164 cm³/mol. The van der Waals surface area contributed by atoms with Crippen LogP contribution >= 0.6 is 11.8 Å². The first kappa shape index (κ1) is 34.0. The molecule has 238 valence electrons. The molecular formula is C33H35F3N4O4S. The first-order valence-electron chi connectivity index (χ1n) is 14.3. The fourth-order valence-electron chi connectivity index (χ4n) is 4.80. The zero-order chi connectivity index (χ0) is 32.6. The van der Waals surface area contributed by atoms with Gasteiger partial charge in [-0.15, -0.1) is 11.8 Å². The number of aromatic nitrogens is 3. The number of halogens is 3. The monoisotopic (exact) mass is 640 g/mol. The third-order valence-electron chi connectivity index (χ3n) is 6.95. The summed E-state index contributed by atoms with van der Waals surface area (Å²) in [5, 5.41) is 12.3. The summed E-state index contributed by atoms with van der Waals surface area (Å²) < 4.78 is 63.0. The Bertz CT molecular complexity index is 1560. The molecule has 12 heteroatoms. The lowest BCUT2D eigenvalue weighted by Gasteiger charge is -2.41. The van der Waals surface area contributed by atoms with Crippen molar-refractivity contribution in [1.29, 1.82) is 5.26 Å². The van der Waals surface area contributed by atoms with Gasteiger partial charge in [-0.05, 0) is 42.7 Å². The summed E-state index contributed by atoms with van der Waals surface area (Å²) in [6.45, 7) is 7.99. The van der Waals surface area contributed by atoms with E-state index in [1.165, 1.54) is 53.4 Å². The minimum Gasteiger partial charge on any atom is -0.451 e. The van der Waals surface area contributed by atoms with E-state index in [1.807, 2.05) is 33.8 Å². The average molecular weight is 641 g/mol. The van der Waals surface area contributed by atoms with Gasteiger partial charge in [0, 0.05) is 22.4 Å². The molecule has 45 heavy (non-hydrogen) atoms. The number of benzene rings is 2. The standard InChI is InChI=1S/C33H35F3N4O4S/c1-22(45-26-17-42-31(43-18-26)8-6-5-7-24-10-9-23(16-37)13-28(24)35)33(19-40-21-38-20-39-40,44-30(41)15-32(2,3)4)27-12-11-25(34)14-29(27)36/h5-14,20-22,26,31H,15,17-19H2,1-4H3/b7-5+,8-6+/t22-,26?,31?,33-/m1/s1. The highest BCUT2D eigenvalue weighted by Crippen LogP contribution is 2.42. The van der Waals surface area contributed by atoms with Gasteiger partial charge in [-0.25, -0.2) is 22.8 Å². The molecule has 0 radical (unpaired) electrons. The largest absolute Gasteiger partial charge is 0.451 e. The average Bonchev–Trinajstić information content (AvgIpc) is 3.48. The van der Waals surface area contributed by atoms with Crippen molar-refractivity contribution in [3.63, 3.8) is 0 Å². The fraction of sp³-hybridized carbons (Fsp3) is 0.394. The van der Waals surface area contributed by atoms with Gasteiger partial charge in [0.15, 0.2) is 11.9 Å². The minimum atomic E-state index is -1.58. The number of hydrogen-bond acceptors (Lipinski definition) is 8. The Morgan fingerprint density at radius 3 is 2.53 bits per heavy atom. The van der Waals surface area contributed by atoms with Gasteiger partial charge in [-0.2, -0.15) is 10.4 Å². The van der Waals surface area contributed by atoms with Crippen LogP contribution < -0.4 is 0 Å². The molecule has 0 spiro atoms. The highest BCUT2D eigenvalue weighted by molar-refractivity contribution is 8.00. The van der Waals surface area contributed by atoms with Crippen LogP contribution in [0.2, 0.25) is 0 Å². The van der Waals surface area contributed by atoms with Crippen LogP contribution in [0, 0.1) is 34.2 Å². The van der Waals surface area contributed by atoms with E-state index in [-0.39, 0.29) is 42.6 Å². The SMILES string of the molecule is C[C@@H](SC1COC(/C=C/C=C/c2ccc(C#N)cc2F)OC1)[C@@](Cn1cncn1)(OC(=O)CC(C)(C)C)c1ccc(F)cc1F. The minimum absolute atomic E-state index is 0.0191. The van der Waals surface area contributed by atoms with E-state index in [0.29, 0.717) is 5.56 Å². The third-order valence-corrected chi connectivity index (χ3v) is 8.40. The van der Waals surface area contributed by atoms with Crippen molar-refractivity contribution in [2.75, 3.05) is 13.2 Å². The summed E-state index contributed by atoms with van der Waals surface area (Å²) in [5.41, 5.74) is -1.38. The number of thioether (sulfide) groups is 1. The summed E-state index contributed by atoms with van der Waals surface area (Å²) >= 11 is 1.40. The molecule has 1 aromatic heterocycles. The maximum Gasteiger partial charge on any atom is 0.307 e. The lowest BCUT2D eigenvalue weighted by Crippen LogP contribution is -2.47. The Balaban J connectivity index is 1.49. The predicted octanol–water partition coefficient (Wildman–Crippen LogP) is 6.57. The maximum atomic E-state index is 15.5. The number of esters is 1. The van der Waals surface area contributed by atoms with Gasteiger partial charge in [-0.1, -0.05) is 45.1 Å². The van der Waals surface area contributed by atoms with Crippen molar-refractivity contribution in [3.05, 3.63) is 101 Å². The molecule has 3 aromatic rings. The topological polar surface area (TPSA) is 99.3 Å². The number of ether oxygens (including phenoxy) is 3. The van der Waals surface area contributed by atoms with Gasteiger partial charge in [0.2, 0.25) is 0 Å². The molecule has 2 atom stereocenters. The number of carbonyl (C=O) groups excluding carboxylic acids is 1. The molecule has 0 unspecified atom stereocenters. The molecule has 1 fully saturated rings. The van der Waals surface area contributed by atoms with E-state index in [4.69, 9.17) is 19.5 Å². The third kappa shape index (κ3) is 9.29. The van der Waals surface area contributed by atoms with Crippen LogP contribution in [0.4, 0.5) is 13.2 Å². The van der Waals surface area contributed by atoms with E-state index in [1.54, 1.807) is 24.3 Å². The van der Waals surface area contributed by atoms with E-state index < -0.39 is 46.0 Å². The molecular weight excluding hydrogens is 605 g/mol. The quantitative estimate of drug-likeness (QED) is 0.171. The lowest BCUT2D eigenvalue weighted by molar-refractivity contribution is -0.165. The van der Waals surface area contributed by atoms with Crippen molar-refractivity contribution in [1.82, 2.24) is 14.8 Å². The first-order chi connectivity index (χ1) is 21.4. The number of nitriles is 1. The zero-order valence-electron chi connectivity index (χ0n) is 25.5. The van der Waals surface area contributed by atoms with Crippen LogP contribution in [0.3, 0.4) is 0 Å². The van der Waals surface area contributed by atoms with Crippen molar-refractivity contribution < 1.29 is 32.2 Å². The van der Waals surface area contributed by atoms with Gasteiger partial charge in [0.25, 0.3) is 0 Å². The Kier molecular flexibility index (Phi) is 11.3. The van der Waals surface area contributed by atoms with E-state index in [0.717, 1.165) is 12.1 Å². The molecule has 1 aliphatic heterocycles. The molecule has 2 aromatic carbocycles. The van der Waals surface area contributed by atoms with Crippen LogP contribution in [0.5, 0.6) is 0 Å². The maximum absolute atomic E-state index is 15.5. The summed E-state index contributed by atoms with van der Waals surface area (Å²) in [6, 6.07) is 9.34. The Morgan fingerprint density at radius 2 is 1.91 bits per heavy atom.